The normalized spacial score (nSPS) is 13.9. The molecule has 0 spiro atoms. The second-order valence-electron chi connectivity index (χ2n) is 7.20. The molecule has 1 saturated heterocycles. The maximum atomic E-state index is 13.7. The van der Waals surface area contributed by atoms with Crippen LogP contribution < -0.4 is 5.32 Å². The molecule has 5 nitrogen and oxygen atoms in total. The number of hydrogen-bond acceptors (Lipinski definition) is 2. The number of nitrogens with zero attached hydrogens (tertiary/aromatic N) is 2. The Kier molecular flexibility index (Phi) is 4.86. The lowest BCUT2D eigenvalue weighted by atomic mass is 10.2. The number of nitrogens with one attached hydrogen (secondary N) is 1. The fraction of sp³-hybridized carbons (Fsp3) is 0.273. The van der Waals surface area contributed by atoms with E-state index in [0.717, 1.165) is 42.4 Å². The third-order valence-electron chi connectivity index (χ3n) is 5.06. The summed E-state index contributed by atoms with van der Waals surface area (Å²) in [6.07, 6.45) is 2.03. The molecule has 0 unspecified atom stereocenters. The summed E-state index contributed by atoms with van der Waals surface area (Å²) in [7, 11) is 0. The minimum atomic E-state index is -0.297. The van der Waals surface area contributed by atoms with Crippen LogP contribution in [0, 0.1) is 5.82 Å². The molecule has 6 heteroatoms. The molecule has 1 N–H and O–H groups in total. The molecule has 0 saturated carbocycles. The van der Waals surface area contributed by atoms with Crippen molar-refractivity contribution in [2.24, 2.45) is 0 Å². The summed E-state index contributed by atoms with van der Waals surface area (Å²) in [5.41, 5.74) is 2.93. The van der Waals surface area contributed by atoms with Gasteiger partial charge in [-0.25, -0.2) is 4.39 Å². The van der Waals surface area contributed by atoms with Crippen molar-refractivity contribution in [3.05, 3.63) is 65.6 Å². The van der Waals surface area contributed by atoms with Gasteiger partial charge >= 0.3 is 0 Å². The highest BCUT2D eigenvalue weighted by Crippen LogP contribution is 2.26. The number of aromatic nitrogens is 1. The number of carbonyl (C=O) groups is 2. The molecule has 3 aromatic rings. The summed E-state index contributed by atoms with van der Waals surface area (Å²) >= 11 is 0. The first kappa shape index (κ1) is 18.2. The number of likely N-dealkylation sites (tertiary alicyclic amines) is 1. The van der Waals surface area contributed by atoms with Crippen molar-refractivity contribution >= 4 is 28.4 Å². The highest BCUT2D eigenvalue weighted by Gasteiger charge is 2.24. The quantitative estimate of drug-likeness (QED) is 0.744. The summed E-state index contributed by atoms with van der Waals surface area (Å²) < 4.78 is 15.6. The smallest absolute Gasteiger partial charge is 0.270 e. The van der Waals surface area contributed by atoms with Crippen LogP contribution in [0.1, 0.15) is 35.8 Å². The van der Waals surface area contributed by atoms with Crippen LogP contribution in [0.2, 0.25) is 0 Å². The predicted molar refractivity (Wildman–Crippen MR) is 107 cm³/mol. The molecule has 28 heavy (non-hydrogen) atoms. The van der Waals surface area contributed by atoms with Crippen molar-refractivity contribution in [1.82, 2.24) is 9.47 Å². The molecule has 2 amide bonds. The van der Waals surface area contributed by atoms with E-state index in [-0.39, 0.29) is 17.6 Å². The lowest BCUT2D eigenvalue weighted by molar-refractivity contribution is -0.114. The van der Waals surface area contributed by atoms with E-state index in [2.05, 4.69) is 5.32 Å². The van der Waals surface area contributed by atoms with E-state index in [0.29, 0.717) is 17.9 Å². The molecular formula is C22H22FN3O2. The van der Waals surface area contributed by atoms with E-state index in [4.69, 9.17) is 0 Å². The standard InChI is InChI=1S/C22H22FN3O2/c1-15(27)24-19-7-8-20-17(12-19)13-21(22(28)25-9-2-3-10-25)26(20)14-16-5-4-6-18(23)11-16/h4-8,11-13H,2-3,9-10,14H2,1H3,(H,24,27). The zero-order valence-corrected chi connectivity index (χ0v) is 15.7. The van der Waals surface area contributed by atoms with Crippen molar-refractivity contribution in [2.45, 2.75) is 26.3 Å². The average Bonchev–Trinajstić information content (AvgIpc) is 3.29. The third-order valence-corrected chi connectivity index (χ3v) is 5.06. The summed E-state index contributed by atoms with van der Waals surface area (Å²) in [6, 6.07) is 13.9. The van der Waals surface area contributed by atoms with Gasteiger partial charge in [-0.15, -0.1) is 0 Å². The Labute approximate surface area is 162 Å². The molecule has 0 bridgehead atoms. The van der Waals surface area contributed by atoms with E-state index < -0.39 is 0 Å². The fourth-order valence-corrected chi connectivity index (χ4v) is 3.80. The second kappa shape index (κ2) is 7.46. The van der Waals surface area contributed by atoms with Crippen molar-refractivity contribution in [2.75, 3.05) is 18.4 Å². The van der Waals surface area contributed by atoms with Crippen LogP contribution >= 0.6 is 0 Å². The van der Waals surface area contributed by atoms with E-state index in [1.807, 2.05) is 39.8 Å². The molecule has 0 atom stereocenters. The maximum Gasteiger partial charge on any atom is 0.270 e. The number of fused-ring (bicyclic) bond motifs is 1. The largest absolute Gasteiger partial charge is 0.337 e. The van der Waals surface area contributed by atoms with Gasteiger partial charge < -0.3 is 14.8 Å². The molecule has 1 aliphatic rings. The van der Waals surface area contributed by atoms with Gasteiger partial charge in [0.1, 0.15) is 11.5 Å². The first-order valence-electron chi connectivity index (χ1n) is 9.46. The van der Waals surface area contributed by atoms with Crippen molar-refractivity contribution in [3.8, 4) is 0 Å². The van der Waals surface area contributed by atoms with Crippen LogP contribution in [0.25, 0.3) is 10.9 Å². The molecule has 0 aliphatic carbocycles. The van der Waals surface area contributed by atoms with E-state index >= 15 is 0 Å². The predicted octanol–water partition coefficient (Wildman–Crippen LogP) is 4.02. The highest BCUT2D eigenvalue weighted by atomic mass is 19.1. The minimum Gasteiger partial charge on any atom is -0.337 e. The number of halogens is 1. The molecule has 4 rings (SSSR count). The number of benzene rings is 2. The monoisotopic (exact) mass is 379 g/mol. The van der Waals surface area contributed by atoms with Crippen molar-refractivity contribution < 1.29 is 14.0 Å². The van der Waals surface area contributed by atoms with Gasteiger partial charge in [0.2, 0.25) is 5.91 Å². The fourth-order valence-electron chi connectivity index (χ4n) is 3.80. The van der Waals surface area contributed by atoms with E-state index in [1.165, 1.54) is 19.1 Å². The van der Waals surface area contributed by atoms with E-state index in [1.54, 1.807) is 6.07 Å². The lowest BCUT2D eigenvalue weighted by Crippen LogP contribution is -2.29. The third kappa shape index (κ3) is 3.63. The van der Waals surface area contributed by atoms with Crippen LogP contribution in [0.15, 0.2) is 48.5 Å². The minimum absolute atomic E-state index is 0.00817. The highest BCUT2D eigenvalue weighted by molar-refractivity contribution is 6.00. The van der Waals surface area contributed by atoms with Gasteiger partial charge in [-0.05, 0) is 54.8 Å². The van der Waals surface area contributed by atoms with Crippen molar-refractivity contribution in [1.29, 1.82) is 0 Å². The summed E-state index contributed by atoms with van der Waals surface area (Å²) in [5, 5.41) is 3.64. The molecular weight excluding hydrogens is 357 g/mol. The van der Waals surface area contributed by atoms with E-state index in [9.17, 15) is 14.0 Å². The number of hydrogen-bond donors (Lipinski definition) is 1. The first-order valence-corrected chi connectivity index (χ1v) is 9.46. The maximum absolute atomic E-state index is 13.7. The number of carbonyl (C=O) groups excluding carboxylic acids is 2. The Hall–Kier alpha value is -3.15. The number of anilines is 1. The zero-order valence-electron chi connectivity index (χ0n) is 15.7. The van der Waals surface area contributed by atoms with Gasteiger partial charge in [-0.2, -0.15) is 0 Å². The van der Waals surface area contributed by atoms with Crippen LogP contribution in [0.3, 0.4) is 0 Å². The number of amides is 2. The first-order chi connectivity index (χ1) is 13.5. The van der Waals surface area contributed by atoms with Gasteiger partial charge in [-0.3, -0.25) is 9.59 Å². The Morgan fingerprint density at radius 1 is 1.07 bits per heavy atom. The molecule has 0 radical (unpaired) electrons. The average molecular weight is 379 g/mol. The summed E-state index contributed by atoms with van der Waals surface area (Å²) in [4.78, 5) is 26.3. The van der Waals surface area contributed by atoms with Crippen molar-refractivity contribution in [3.63, 3.8) is 0 Å². The molecule has 144 valence electrons. The van der Waals surface area contributed by atoms with Gasteiger partial charge in [-0.1, -0.05) is 12.1 Å². The van der Waals surface area contributed by atoms with Gasteiger partial charge in [0.05, 0.1) is 0 Å². The Morgan fingerprint density at radius 3 is 2.57 bits per heavy atom. The van der Waals surface area contributed by atoms with Gasteiger partial charge in [0, 0.05) is 43.1 Å². The van der Waals surface area contributed by atoms with Gasteiger partial charge in [0.15, 0.2) is 0 Å². The molecule has 2 heterocycles. The topological polar surface area (TPSA) is 54.3 Å². The lowest BCUT2D eigenvalue weighted by Gasteiger charge is -2.17. The second-order valence-corrected chi connectivity index (χ2v) is 7.20. The Morgan fingerprint density at radius 2 is 1.86 bits per heavy atom. The molecule has 1 fully saturated rings. The van der Waals surface area contributed by atoms with Gasteiger partial charge in [0.25, 0.3) is 5.91 Å². The number of rotatable bonds is 4. The zero-order chi connectivity index (χ0) is 19.7. The molecule has 2 aromatic carbocycles. The van der Waals surface area contributed by atoms with Crippen LogP contribution in [0.4, 0.5) is 10.1 Å². The molecule has 1 aliphatic heterocycles. The van der Waals surface area contributed by atoms with Crippen LogP contribution in [0.5, 0.6) is 0 Å². The van der Waals surface area contributed by atoms with Crippen LogP contribution in [-0.4, -0.2) is 34.4 Å². The summed E-state index contributed by atoms with van der Waals surface area (Å²) in [6.45, 7) is 3.38. The summed E-state index contributed by atoms with van der Waals surface area (Å²) in [5.74, 6) is -0.451. The Bertz CT molecular complexity index is 1050. The Balaban J connectivity index is 1.79. The SMILES string of the molecule is CC(=O)Nc1ccc2c(c1)cc(C(=O)N1CCCC1)n2Cc1cccc(F)c1. The van der Waals surface area contributed by atoms with Crippen LogP contribution in [-0.2, 0) is 11.3 Å². The molecule has 1 aromatic heterocycles.